The highest BCUT2D eigenvalue weighted by atomic mass is 79.9. The number of halogens is 3. The van der Waals surface area contributed by atoms with Gasteiger partial charge in [0, 0.05) is 4.47 Å². The number of hydrogen-bond donors (Lipinski definition) is 2. The van der Waals surface area contributed by atoms with E-state index in [1.54, 1.807) is 12.1 Å². The van der Waals surface area contributed by atoms with Crippen molar-refractivity contribution in [2.45, 2.75) is 0 Å². The molecule has 0 fully saturated rings. The average molecular weight is 389 g/mol. The highest BCUT2D eigenvalue weighted by molar-refractivity contribution is 9.10. The second-order valence-corrected chi connectivity index (χ2v) is 5.78. The van der Waals surface area contributed by atoms with E-state index in [1.807, 2.05) is 0 Å². The molecule has 1 amide bonds. The van der Waals surface area contributed by atoms with Crippen LogP contribution in [0.4, 0.5) is 5.69 Å². The van der Waals surface area contributed by atoms with Crippen LogP contribution in [0.3, 0.4) is 0 Å². The summed E-state index contributed by atoms with van der Waals surface area (Å²) in [5, 5.41) is 12.0. The second kappa shape index (κ2) is 6.47. The molecule has 2 aromatic rings. The quantitative estimate of drug-likeness (QED) is 0.800. The normalized spacial score (nSPS) is 10.2. The monoisotopic (exact) mass is 387 g/mol. The van der Waals surface area contributed by atoms with Crippen molar-refractivity contribution in [1.82, 2.24) is 0 Å². The van der Waals surface area contributed by atoms with Gasteiger partial charge in [-0.3, -0.25) is 4.79 Å². The largest absolute Gasteiger partial charge is 0.478 e. The summed E-state index contributed by atoms with van der Waals surface area (Å²) in [6, 6.07) is 9.10. The molecule has 2 rings (SSSR count). The lowest BCUT2D eigenvalue weighted by Crippen LogP contribution is -2.15. The molecule has 2 aromatic carbocycles. The van der Waals surface area contributed by atoms with Crippen molar-refractivity contribution in [3.05, 3.63) is 62.0 Å². The van der Waals surface area contributed by atoms with E-state index in [9.17, 15) is 9.59 Å². The number of amides is 1. The van der Waals surface area contributed by atoms with Crippen LogP contribution >= 0.6 is 39.1 Å². The van der Waals surface area contributed by atoms with Gasteiger partial charge in [0.15, 0.2) is 0 Å². The lowest BCUT2D eigenvalue weighted by molar-refractivity contribution is 0.0698. The third kappa shape index (κ3) is 3.56. The number of aromatic carboxylic acids is 1. The Morgan fingerprint density at radius 2 is 1.76 bits per heavy atom. The van der Waals surface area contributed by atoms with Crippen LogP contribution in [0.2, 0.25) is 10.0 Å². The number of carbonyl (C=O) groups is 2. The van der Waals surface area contributed by atoms with Crippen LogP contribution in [-0.2, 0) is 0 Å². The summed E-state index contributed by atoms with van der Waals surface area (Å²) >= 11 is 15.2. The molecule has 2 N–H and O–H groups in total. The van der Waals surface area contributed by atoms with Crippen molar-refractivity contribution in [3.63, 3.8) is 0 Å². The fourth-order valence-electron chi connectivity index (χ4n) is 1.68. The van der Waals surface area contributed by atoms with Gasteiger partial charge in [-0.25, -0.2) is 4.79 Å². The van der Waals surface area contributed by atoms with Crippen molar-refractivity contribution in [2.24, 2.45) is 0 Å². The third-order valence-corrected chi connectivity index (χ3v) is 3.78. The molecule has 0 aliphatic heterocycles. The Morgan fingerprint density at radius 3 is 2.38 bits per heavy atom. The Bertz CT molecular complexity index is 734. The van der Waals surface area contributed by atoms with E-state index in [2.05, 4.69) is 21.2 Å². The minimum absolute atomic E-state index is 0.0376. The topological polar surface area (TPSA) is 66.4 Å². The maximum Gasteiger partial charge on any atom is 0.337 e. The van der Waals surface area contributed by atoms with Gasteiger partial charge in [-0.05, 0) is 30.3 Å². The molecule has 108 valence electrons. The predicted molar refractivity (Wildman–Crippen MR) is 85.5 cm³/mol. The Hall–Kier alpha value is -1.56. The van der Waals surface area contributed by atoms with Gasteiger partial charge < -0.3 is 10.4 Å². The highest BCUT2D eigenvalue weighted by Crippen LogP contribution is 2.28. The van der Waals surface area contributed by atoms with Crippen LogP contribution < -0.4 is 5.32 Å². The minimum atomic E-state index is -1.19. The molecule has 0 atom stereocenters. The summed E-state index contributed by atoms with van der Waals surface area (Å²) in [5.41, 5.74) is 0.163. The summed E-state index contributed by atoms with van der Waals surface area (Å²) in [6.07, 6.45) is 0. The molecule has 0 saturated carbocycles. The number of hydrogen-bond acceptors (Lipinski definition) is 2. The van der Waals surface area contributed by atoms with Gasteiger partial charge in [0.05, 0.1) is 26.9 Å². The first-order valence-electron chi connectivity index (χ1n) is 5.68. The van der Waals surface area contributed by atoms with Gasteiger partial charge in [-0.15, -0.1) is 0 Å². The average Bonchev–Trinajstić information content (AvgIpc) is 2.40. The fourth-order valence-corrected chi connectivity index (χ4v) is 2.66. The fraction of sp³-hybridized carbons (Fsp3) is 0. The molecule has 0 spiro atoms. The van der Waals surface area contributed by atoms with Crippen LogP contribution in [0, 0.1) is 0 Å². The summed E-state index contributed by atoms with van der Waals surface area (Å²) in [6.45, 7) is 0. The summed E-state index contributed by atoms with van der Waals surface area (Å²) in [4.78, 5) is 23.4. The van der Waals surface area contributed by atoms with Crippen molar-refractivity contribution in [2.75, 3.05) is 5.32 Å². The Morgan fingerprint density at radius 1 is 1.05 bits per heavy atom. The van der Waals surface area contributed by atoms with Crippen LogP contribution in [0.5, 0.6) is 0 Å². The van der Waals surface area contributed by atoms with Gasteiger partial charge in [0.25, 0.3) is 5.91 Å². The van der Waals surface area contributed by atoms with Crippen molar-refractivity contribution in [1.29, 1.82) is 0 Å². The summed E-state index contributed by atoms with van der Waals surface area (Å²) in [5.74, 6) is -1.72. The highest BCUT2D eigenvalue weighted by Gasteiger charge is 2.18. The molecule has 4 nitrogen and oxygen atoms in total. The van der Waals surface area contributed by atoms with Crippen LogP contribution in [0.25, 0.3) is 0 Å². The zero-order valence-corrected chi connectivity index (χ0v) is 13.5. The van der Waals surface area contributed by atoms with Crippen molar-refractivity contribution >= 4 is 56.7 Å². The minimum Gasteiger partial charge on any atom is -0.478 e. The molecule has 7 heteroatoms. The molecule has 0 aromatic heterocycles. The molecular weight excluding hydrogens is 381 g/mol. The smallest absolute Gasteiger partial charge is 0.337 e. The maximum absolute atomic E-state index is 12.2. The number of carboxylic acids is 1. The predicted octanol–water partition coefficient (Wildman–Crippen LogP) is 4.71. The Balaban J connectivity index is 2.38. The van der Waals surface area contributed by atoms with E-state index >= 15 is 0 Å². The maximum atomic E-state index is 12.2. The Labute approximate surface area is 138 Å². The van der Waals surface area contributed by atoms with E-state index in [-0.39, 0.29) is 26.9 Å². The molecule has 0 aliphatic carbocycles. The van der Waals surface area contributed by atoms with Crippen LogP contribution in [-0.4, -0.2) is 17.0 Å². The van der Waals surface area contributed by atoms with E-state index in [4.69, 9.17) is 28.3 Å². The molecule has 0 unspecified atom stereocenters. The zero-order valence-electron chi connectivity index (χ0n) is 10.4. The summed E-state index contributed by atoms with van der Waals surface area (Å²) in [7, 11) is 0. The van der Waals surface area contributed by atoms with E-state index in [1.165, 1.54) is 24.3 Å². The molecular formula is C14H8BrCl2NO3. The standard InChI is InChI=1S/C14H8BrCl2NO3/c15-7-4-5-8(11(17)6-7)13(19)18-12-9(14(20)21)2-1-3-10(12)16/h1-6H,(H,18,19)(H,20,21). The first-order valence-corrected chi connectivity index (χ1v) is 7.23. The molecule has 0 saturated heterocycles. The summed E-state index contributed by atoms with van der Waals surface area (Å²) < 4.78 is 0.730. The number of carboxylic acid groups (broad SMARTS) is 1. The van der Waals surface area contributed by atoms with Gasteiger partial charge >= 0.3 is 5.97 Å². The SMILES string of the molecule is O=C(Nc1c(Cl)cccc1C(=O)O)c1ccc(Br)cc1Cl. The number of benzene rings is 2. The van der Waals surface area contributed by atoms with Gasteiger partial charge in [-0.2, -0.15) is 0 Å². The van der Waals surface area contributed by atoms with Crippen LogP contribution in [0.1, 0.15) is 20.7 Å². The third-order valence-electron chi connectivity index (χ3n) is 2.66. The first kappa shape index (κ1) is 15.8. The Kier molecular flexibility index (Phi) is 4.88. The zero-order chi connectivity index (χ0) is 15.6. The van der Waals surface area contributed by atoms with Gasteiger partial charge in [-0.1, -0.05) is 45.2 Å². The number of para-hydroxylation sites is 1. The van der Waals surface area contributed by atoms with E-state index in [0.717, 1.165) is 4.47 Å². The number of nitrogens with one attached hydrogen (secondary N) is 1. The number of rotatable bonds is 3. The molecule has 21 heavy (non-hydrogen) atoms. The lowest BCUT2D eigenvalue weighted by atomic mass is 10.1. The van der Waals surface area contributed by atoms with Crippen LogP contribution in [0.15, 0.2) is 40.9 Å². The van der Waals surface area contributed by atoms with Gasteiger partial charge in [0.2, 0.25) is 0 Å². The number of carbonyl (C=O) groups excluding carboxylic acids is 1. The molecule has 0 radical (unpaired) electrons. The van der Waals surface area contributed by atoms with Gasteiger partial charge in [0.1, 0.15) is 0 Å². The van der Waals surface area contributed by atoms with Crippen molar-refractivity contribution in [3.8, 4) is 0 Å². The van der Waals surface area contributed by atoms with E-state index < -0.39 is 11.9 Å². The lowest BCUT2D eigenvalue weighted by Gasteiger charge is -2.11. The first-order chi connectivity index (χ1) is 9.90. The molecule has 0 aliphatic rings. The number of anilines is 1. The second-order valence-electron chi connectivity index (χ2n) is 4.05. The molecule has 0 bridgehead atoms. The van der Waals surface area contributed by atoms with Crippen molar-refractivity contribution < 1.29 is 14.7 Å². The molecule has 0 heterocycles. The van der Waals surface area contributed by atoms with E-state index in [0.29, 0.717) is 0 Å².